The maximum Gasteiger partial charge on any atom is 0.324 e. The van der Waals surface area contributed by atoms with E-state index in [1.807, 2.05) is 18.7 Å². The molecule has 2 N–H and O–H groups in total. The van der Waals surface area contributed by atoms with E-state index in [1.54, 1.807) is 19.5 Å². The lowest BCUT2D eigenvalue weighted by atomic mass is 9.91. The van der Waals surface area contributed by atoms with Gasteiger partial charge in [0, 0.05) is 57.1 Å². The van der Waals surface area contributed by atoms with Crippen LogP contribution in [0, 0.1) is 17.6 Å². The first-order valence-electron chi connectivity index (χ1n) is 13.3. The minimum absolute atomic E-state index is 0.166. The zero-order valence-electron chi connectivity index (χ0n) is 22.5. The molecule has 39 heavy (non-hydrogen) atoms. The summed E-state index contributed by atoms with van der Waals surface area (Å²) < 4.78 is 45.3. The van der Waals surface area contributed by atoms with Crippen molar-refractivity contribution < 1.29 is 22.8 Å². The van der Waals surface area contributed by atoms with E-state index < -0.39 is 11.6 Å². The van der Waals surface area contributed by atoms with E-state index in [-0.39, 0.29) is 35.5 Å². The van der Waals surface area contributed by atoms with Gasteiger partial charge in [0.1, 0.15) is 17.7 Å². The molecule has 2 aliphatic rings. The number of piperidine rings is 1. The normalized spacial score (nSPS) is 21.1. The summed E-state index contributed by atoms with van der Waals surface area (Å²) in [6.45, 7) is 6.91. The van der Waals surface area contributed by atoms with E-state index in [4.69, 9.17) is 19.7 Å². The molecule has 2 fully saturated rings. The van der Waals surface area contributed by atoms with Crippen molar-refractivity contribution in [3.63, 3.8) is 0 Å². The van der Waals surface area contributed by atoms with Gasteiger partial charge in [-0.2, -0.15) is 4.98 Å². The highest BCUT2D eigenvalue weighted by molar-refractivity contribution is 5.39. The first kappa shape index (κ1) is 27.2. The largest absolute Gasteiger partial charge is 0.484 e. The highest BCUT2D eigenvalue weighted by Crippen LogP contribution is 2.32. The summed E-state index contributed by atoms with van der Waals surface area (Å²) in [6.07, 6.45) is 4.87. The molecule has 1 aromatic carbocycles. The van der Waals surface area contributed by atoms with Gasteiger partial charge < -0.3 is 29.5 Å². The van der Waals surface area contributed by atoms with Crippen LogP contribution >= 0.6 is 0 Å². The number of halogens is 2. The highest BCUT2D eigenvalue weighted by Gasteiger charge is 2.35. The van der Waals surface area contributed by atoms with Crippen LogP contribution in [0.4, 0.5) is 20.7 Å². The summed E-state index contributed by atoms with van der Waals surface area (Å²) in [4.78, 5) is 17.5. The molecule has 5 rings (SSSR count). The van der Waals surface area contributed by atoms with Crippen molar-refractivity contribution in [3.05, 3.63) is 53.6 Å². The molecule has 0 aliphatic carbocycles. The Kier molecular flexibility index (Phi) is 8.22. The van der Waals surface area contributed by atoms with Gasteiger partial charge in [-0.25, -0.2) is 18.7 Å². The molecule has 210 valence electrons. The highest BCUT2D eigenvalue weighted by atomic mass is 19.1. The molecule has 12 heteroatoms. The number of aromatic nitrogens is 4. The predicted molar refractivity (Wildman–Crippen MR) is 141 cm³/mol. The molecule has 2 aliphatic heterocycles. The number of nitrogens with zero attached hydrogens (tertiary/aromatic N) is 6. The number of benzene rings is 1. The first-order valence-corrected chi connectivity index (χ1v) is 13.3. The number of anilines is 2. The van der Waals surface area contributed by atoms with Crippen LogP contribution in [0.15, 0.2) is 35.1 Å². The number of ether oxygens (including phenoxy) is 2. The molecule has 3 aromatic rings. The molecule has 4 heterocycles. The van der Waals surface area contributed by atoms with Crippen molar-refractivity contribution in [2.45, 2.75) is 50.7 Å². The van der Waals surface area contributed by atoms with Crippen molar-refractivity contribution in [3.8, 4) is 5.75 Å². The Balaban J connectivity index is 1.19. The van der Waals surface area contributed by atoms with E-state index in [9.17, 15) is 8.78 Å². The smallest absolute Gasteiger partial charge is 0.324 e. The second-order valence-electron chi connectivity index (χ2n) is 10.6. The Morgan fingerprint density at radius 3 is 2.51 bits per heavy atom. The SMILES string of the molecule is COCC(Oc1cnc(N2CC(N)C(c3cc(F)ccc3F)C2)nc1)C1CCN(c2nc(C(C)C)no2)CC1. The van der Waals surface area contributed by atoms with Crippen molar-refractivity contribution >= 4 is 12.0 Å². The predicted octanol–water partition coefficient (Wildman–Crippen LogP) is 3.50. The van der Waals surface area contributed by atoms with Crippen LogP contribution in [0.2, 0.25) is 0 Å². The van der Waals surface area contributed by atoms with Gasteiger partial charge in [0.15, 0.2) is 11.6 Å². The van der Waals surface area contributed by atoms with Crippen LogP contribution in [0.5, 0.6) is 5.75 Å². The van der Waals surface area contributed by atoms with Gasteiger partial charge in [0.25, 0.3) is 0 Å². The fourth-order valence-corrected chi connectivity index (χ4v) is 5.31. The van der Waals surface area contributed by atoms with Crippen LogP contribution < -0.4 is 20.3 Å². The maximum absolute atomic E-state index is 14.3. The van der Waals surface area contributed by atoms with Crippen molar-refractivity contribution in [1.29, 1.82) is 0 Å². The third-order valence-electron chi connectivity index (χ3n) is 7.52. The number of rotatable bonds is 9. The Morgan fingerprint density at radius 1 is 1.10 bits per heavy atom. The number of hydrogen-bond acceptors (Lipinski definition) is 10. The Bertz CT molecular complexity index is 1230. The van der Waals surface area contributed by atoms with Gasteiger partial charge in [-0.15, -0.1) is 0 Å². The summed E-state index contributed by atoms with van der Waals surface area (Å²) in [6, 6.07) is 3.65. The number of hydrogen-bond donors (Lipinski definition) is 1. The third-order valence-corrected chi connectivity index (χ3v) is 7.52. The summed E-state index contributed by atoms with van der Waals surface area (Å²) in [7, 11) is 1.66. The molecule has 0 amide bonds. The lowest BCUT2D eigenvalue weighted by Gasteiger charge is -2.34. The molecule has 10 nitrogen and oxygen atoms in total. The van der Waals surface area contributed by atoms with Gasteiger partial charge >= 0.3 is 6.01 Å². The topological polar surface area (TPSA) is 116 Å². The van der Waals surface area contributed by atoms with Crippen LogP contribution in [0.25, 0.3) is 0 Å². The van der Waals surface area contributed by atoms with Crippen LogP contribution in [-0.4, -0.2) is 72.2 Å². The van der Waals surface area contributed by atoms with E-state index in [0.717, 1.165) is 38.1 Å². The molecule has 3 unspecified atom stereocenters. The molecule has 0 spiro atoms. The molecule has 0 radical (unpaired) electrons. The van der Waals surface area contributed by atoms with Crippen molar-refractivity contribution in [2.75, 3.05) is 49.7 Å². The van der Waals surface area contributed by atoms with Crippen molar-refractivity contribution in [1.82, 2.24) is 20.1 Å². The maximum atomic E-state index is 14.3. The zero-order chi connectivity index (χ0) is 27.5. The van der Waals surface area contributed by atoms with E-state index >= 15 is 0 Å². The molecule has 2 aromatic heterocycles. The van der Waals surface area contributed by atoms with Gasteiger partial charge in [-0.3, -0.25) is 0 Å². The molecule has 3 atom stereocenters. The minimum Gasteiger partial charge on any atom is -0.484 e. The van der Waals surface area contributed by atoms with E-state index in [2.05, 4.69) is 25.0 Å². The van der Waals surface area contributed by atoms with E-state index in [0.29, 0.717) is 43.2 Å². The number of nitrogens with two attached hydrogens (primary N) is 1. The molecule has 0 bridgehead atoms. The average molecular weight is 544 g/mol. The Labute approximate surface area is 226 Å². The van der Waals surface area contributed by atoms with Gasteiger partial charge in [0.05, 0.1) is 19.0 Å². The van der Waals surface area contributed by atoms with Gasteiger partial charge in [-0.05, 0) is 36.6 Å². The first-order chi connectivity index (χ1) is 18.8. The molecule has 0 saturated carbocycles. The minimum atomic E-state index is -0.485. The third kappa shape index (κ3) is 6.11. The molecular formula is C27H35F2N7O3. The summed E-state index contributed by atoms with van der Waals surface area (Å²) >= 11 is 0. The fourth-order valence-electron chi connectivity index (χ4n) is 5.31. The van der Waals surface area contributed by atoms with Crippen LogP contribution in [-0.2, 0) is 4.74 Å². The monoisotopic (exact) mass is 543 g/mol. The van der Waals surface area contributed by atoms with E-state index in [1.165, 1.54) is 6.07 Å². The summed E-state index contributed by atoms with van der Waals surface area (Å²) in [5.74, 6) is 0.897. The standard InChI is InChI=1S/C27H35F2N7O3/c1-16(2)25-33-27(39-34-25)35-8-6-17(7-9-35)24(15-37-3)38-19-11-31-26(32-12-19)36-13-21(23(30)14-36)20-10-18(28)4-5-22(20)29/h4-5,10-12,16-17,21,23-24H,6-9,13-15,30H2,1-3H3. The van der Waals surface area contributed by atoms with Crippen LogP contribution in [0.1, 0.15) is 49.9 Å². The average Bonchev–Trinajstić information content (AvgIpc) is 3.58. The summed E-state index contributed by atoms with van der Waals surface area (Å²) in [5, 5.41) is 4.07. The Hall–Kier alpha value is -3.38. The van der Waals surface area contributed by atoms with Crippen molar-refractivity contribution in [2.24, 2.45) is 11.7 Å². The lowest BCUT2D eigenvalue weighted by Crippen LogP contribution is -2.41. The molecular weight excluding hydrogens is 508 g/mol. The lowest BCUT2D eigenvalue weighted by molar-refractivity contribution is 0.0340. The Morgan fingerprint density at radius 2 is 1.85 bits per heavy atom. The molecule has 2 saturated heterocycles. The summed E-state index contributed by atoms with van der Waals surface area (Å²) in [5.41, 5.74) is 6.56. The second kappa shape index (κ2) is 11.8. The number of methoxy groups -OCH3 is 1. The van der Waals surface area contributed by atoms with Crippen LogP contribution in [0.3, 0.4) is 0 Å². The second-order valence-corrected chi connectivity index (χ2v) is 10.6. The fraction of sp³-hybridized carbons (Fsp3) is 0.556. The van der Waals surface area contributed by atoms with Gasteiger partial charge in [-0.1, -0.05) is 19.0 Å². The van der Waals surface area contributed by atoms with Gasteiger partial charge in [0.2, 0.25) is 5.95 Å². The quantitative estimate of drug-likeness (QED) is 0.430. The zero-order valence-corrected chi connectivity index (χ0v) is 22.5.